The van der Waals surface area contributed by atoms with Crippen molar-refractivity contribution in [1.29, 1.82) is 0 Å². The Bertz CT molecular complexity index is 605. The third-order valence-corrected chi connectivity index (χ3v) is 4.95. The topological polar surface area (TPSA) is 43.1 Å². The lowest BCUT2D eigenvalue weighted by Crippen LogP contribution is -1.80. The van der Waals surface area contributed by atoms with Gasteiger partial charge >= 0.3 is 0 Å². The second kappa shape index (κ2) is 3.83. The van der Waals surface area contributed by atoms with Gasteiger partial charge in [-0.25, -0.2) is 14.5 Å². The smallest absolute Gasteiger partial charge is 0.213 e. The van der Waals surface area contributed by atoms with Crippen LogP contribution in [0.25, 0.3) is 4.96 Å². The molecule has 3 aromatic heterocycles. The quantitative estimate of drug-likeness (QED) is 0.716. The van der Waals surface area contributed by atoms with Crippen LogP contribution < -0.4 is 0 Å². The molecule has 0 aliphatic rings. The molecular formula is C9H8N4S3. The zero-order valence-corrected chi connectivity index (χ0v) is 11.1. The van der Waals surface area contributed by atoms with Crippen LogP contribution in [0.1, 0.15) is 11.4 Å². The highest BCUT2D eigenvalue weighted by atomic mass is 32.2. The van der Waals surface area contributed by atoms with Gasteiger partial charge in [0, 0.05) is 11.1 Å². The Kier molecular flexibility index (Phi) is 2.45. The van der Waals surface area contributed by atoms with Crippen LogP contribution in [-0.4, -0.2) is 19.6 Å². The van der Waals surface area contributed by atoms with Crippen LogP contribution in [-0.2, 0) is 0 Å². The van der Waals surface area contributed by atoms with Crippen molar-refractivity contribution < 1.29 is 0 Å². The molecule has 0 saturated heterocycles. The van der Waals surface area contributed by atoms with E-state index in [0.29, 0.717) is 0 Å². The average Bonchev–Trinajstić information content (AvgIpc) is 2.81. The standard InChI is InChI=1S/C9H8N4S3/c1-5-3-13-7(10-5)15-9(12-13)16-8-11-6(2)4-14-8/h3-4H,1-2H3. The van der Waals surface area contributed by atoms with Crippen molar-refractivity contribution in [2.75, 3.05) is 0 Å². The minimum Gasteiger partial charge on any atom is -0.235 e. The molecule has 4 nitrogen and oxygen atoms in total. The van der Waals surface area contributed by atoms with Gasteiger partial charge in [0.1, 0.15) is 0 Å². The molecule has 0 radical (unpaired) electrons. The molecule has 0 aliphatic carbocycles. The number of nitrogens with zero attached hydrogens (tertiary/aromatic N) is 4. The Morgan fingerprint density at radius 3 is 2.75 bits per heavy atom. The zero-order valence-electron chi connectivity index (χ0n) is 8.67. The highest BCUT2D eigenvalue weighted by molar-refractivity contribution is 8.02. The predicted molar refractivity (Wildman–Crippen MR) is 66.6 cm³/mol. The van der Waals surface area contributed by atoms with Crippen LogP contribution in [0.15, 0.2) is 20.3 Å². The number of aryl methyl sites for hydroxylation is 2. The molecule has 0 atom stereocenters. The summed E-state index contributed by atoms with van der Waals surface area (Å²) in [4.78, 5) is 9.70. The number of hydrogen-bond acceptors (Lipinski definition) is 6. The second-order valence-corrected chi connectivity index (χ2v) is 6.64. The van der Waals surface area contributed by atoms with E-state index in [2.05, 4.69) is 15.1 Å². The summed E-state index contributed by atoms with van der Waals surface area (Å²) in [5.41, 5.74) is 2.06. The molecule has 0 unspecified atom stereocenters. The van der Waals surface area contributed by atoms with Gasteiger partial charge in [0.25, 0.3) is 0 Å². The van der Waals surface area contributed by atoms with Gasteiger partial charge in [-0.2, -0.15) is 0 Å². The first-order valence-corrected chi connectivity index (χ1v) is 7.15. The summed E-state index contributed by atoms with van der Waals surface area (Å²) in [5, 5.41) is 6.49. The number of hydrogen-bond donors (Lipinski definition) is 0. The minimum absolute atomic E-state index is 0.938. The maximum absolute atomic E-state index is 4.44. The van der Waals surface area contributed by atoms with Crippen LogP contribution in [0.5, 0.6) is 0 Å². The molecule has 3 heterocycles. The van der Waals surface area contributed by atoms with E-state index in [4.69, 9.17) is 0 Å². The highest BCUT2D eigenvalue weighted by Crippen LogP contribution is 2.33. The van der Waals surface area contributed by atoms with E-state index >= 15 is 0 Å². The Balaban J connectivity index is 1.91. The van der Waals surface area contributed by atoms with Gasteiger partial charge in [-0.1, -0.05) is 11.3 Å². The summed E-state index contributed by atoms with van der Waals surface area (Å²) < 4.78 is 3.84. The van der Waals surface area contributed by atoms with Crippen molar-refractivity contribution in [3.05, 3.63) is 23.0 Å². The summed E-state index contributed by atoms with van der Waals surface area (Å²) >= 11 is 4.84. The first-order chi connectivity index (χ1) is 7.70. The van der Waals surface area contributed by atoms with Gasteiger partial charge < -0.3 is 0 Å². The van der Waals surface area contributed by atoms with Crippen molar-refractivity contribution in [2.45, 2.75) is 22.5 Å². The van der Waals surface area contributed by atoms with E-state index in [-0.39, 0.29) is 0 Å². The molecule has 82 valence electrons. The first kappa shape index (κ1) is 10.2. The van der Waals surface area contributed by atoms with Gasteiger partial charge in [0.05, 0.1) is 11.9 Å². The lowest BCUT2D eigenvalue weighted by atomic mass is 10.6. The Labute approximate surface area is 104 Å². The molecule has 0 aromatic carbocycles. The first-order valence-electron chi connectivity index (χ1n) is 4.63. The largest absolute Gasteiger partial charge is 0.235 e. The van der Waals surface area contributed by atoms with Gasteiger partial charge in [-0.05, 0) is 25.6 Å². The molecular weight excluding hydrogens is 260 g/mol. The van der Waals surface area contributed by atoms with Gasteiger partial charge in [-0.15, -0.1) is 16.4 Å². The fraction of sp³-hybridized carbons (Fsp3) is 0.222. The van der Waals surface area contributed by atoms with Gasteiger partial charge in [0.15, 0.2) is 8.68 Å². The van der Waals surface area contributed by atoms with E-state index in [1.54, 1.807) is 34.4 Å². The summed E-state index contributed by atoms with van der Waals surface area (Å²) in [7, 11) is 0. The van der Waals surface area contributed by atoms with E-state index in [9.17, 15) is 0 Å². The summed E-state index contributed by atoms with van der Waals surface area (Å²) in [6.45, 7) is 3.97. The molecule has 0 saturated carbocycles. The third kappa shape index (κ3) is 1.85. The number of fused-ring (bicyclic) bond motifs is 1. The molecule has 16 heavy (non-hydrogen) atoms. The van der Waals surface area contributed by atoms with Crippen molar-refractivity contribution in [2.24, 2.45) is 0 Å². The van der Waals surface area contributed by atoms with E-state index in [0.717, 1.165) is 25.0 Å². The minimum atomic E-state index is 0.938. The number of imidazole rings is 1. The summed E-state index contributed by atoms with van der Waals surface area (Å²) in [6, 6.07) is 0. The van der Waals surface area contributed by atoms with E-state index in [1.807, 2.05) is 29.9 Å². The normalized spacial score (nSPS) is 11.4. The third-order valence-electron chi connectivity index (χ3n) is 1.92. The number of aromatic nitrogens is 4. The monoisotopic (exact) mass is 268 g/mol. The Morgan fingerprint density at radius 2 is 2.06 bits per heavy atom. The van der Waals surface area contributed by atoms with Crippen LogP contribution in [0, 0.1) is 13.8 Å². The van der Waals surface area contributed by atoms with Crippen molar-refractivity contribution in [1.82, 2.24) is 19.6 Å². The van der Waals surface area contributed by atoms with E-state index in [1.165, 1.54) is 0 Å². The van der Waals surface area contributed by atoms with Crippen LogP contribution in [0.2, 0.25) is 0 Å². The maximum Gasteiger partial charge on any atom is 0.213 e. The highest BCUT2D eigenvalue weighted by Gasteiger charge is 2.09. The lowest BCUT2D eigenvalue weighted by molar-refractivity contribution is 0.912. The fourth-order valence-corrected chi connectivity index (χ4v) is 4.30. The SMILES string of the molecule is Cc1csc(Sc2nn3cc(C)nc3s2)n1. The molecule has 0 amide bonds. The molecule has 7 heteroatoms. The average molecular weight is 268 g/mol. The summed E-state index contributed by atoms with van der Waals surface area (Å²) in [5.74, 6) is 0. The van der Waals surface area contributed by atoms with Crippen LogP contribution in [0.3, 0.4) is 0 Å². The predicted octanol–water partition coefficient (Wildman–Crippen LogP) is 3.02. The van der Waals surface area contributed by atoms with Gasteiger partial charge in [-0.3, -0.25) is 0 Å². The molecule has 3 rings (SSSR count). The van der Waals surface area contributed by atoms with Crippen molar-refractivity contribution in [3.8, 4) is 0 Å². The molecule has 0 N–H and O–H groups in total. The van der Waals surface area contributed by atoms with Gasteiger partial charge in [0.2, 0.25) is 4.96 Å². The van der Waals surface area contributed by atoms with Crippen molar-refractivity contribution in [3.63, 3.8) is 0 Å². The maximum atomic E-state index is 4.44. The molecule has 0 spiro atoms. The molecule has 3 aromatic rings. The van der Waals surface area contributed by atoms with Crippen molar-refractivity contribution >= 4 is 39.4 Å². The fourth-order valence-electron chi connectivity index (χ4n) is 1.29. The molecule has 0 aliphatic heterocycles. The van der Waals surface area contributed by atoms with E-state index < -0.39 is 0 Å². The molecule has 0 fully saturated rings. The zero-order chi connectivity index (χ0) is 11.1. The number of rotatable bonds is 2. The molecule has 0 bridgehead atoms. The Hall–Kier alpha value is -0.920. The second-order valence-electron chi connectivity index (χ2n) is 3.33. The van der Waals surface area contributed by atoms with Crippen LogP contribution >= 0.6 is 34.4 Å². The lowest BCUT2D eigenvalue weighted by Gasteiger charge is -1.87. The number of thiazole rings is 1. The van der Waals surface area contributed by atoms with Crippen LogP contribution in [0.4, 0.5) is 0 Å². The Morgan fingerprint density at radius 1 is 1.19 bits per heavy atom. The summed E-state index contributed by atoms with van der Waals surface area (Å²) in [6.07, 6.45) is 1.93.